The molecule has 0 aliphatic heterocycles. The lowest BCUT2D eigenvalue weighted by molar-refractivity contribution is -0.123. The van der Waals surface area contributed by atoms with Gasteiger partial charge in [0.15, 0.2) is 6.61 Å². The van der Waals surface area contributed by atoms with Crippen molar-refractivity contribution in [3.05, 3.63) is 120 Å². The van der Waals surface area contributed by atoms with Gasteiger partial charge in [-0.1, -0.05) is 48.0 Å². The summed E-state index contributed by atoms with van der Waals surface area (Å²) < 4.78 is 11.3. The van der Waals surface area contributed by atoms with Crippen molar-refractivity contribution in [3.8, 4) is 17.2 Å². The maximum absolute atomic E-state index is 13.3. The predicted octanol–water partition coefficient (Wildman–Crippen LogP) is 6.36. The van der Waals surface area contributed by atoms with E-state index < -0.39 is 0 Å². The molecule has 0 atom stereocenters. The summed E-state index contributed by atoms with van der Waals surface area (Å²) >= 11 is 5.86. The molecular formula is C30H27ClN2O4. The van der Waals surface area contributed by atoms with Crippen LogP contribution in [-0.2, 0) is 4.79 Å². The molecule has 0 fully saturated rings. The number of carbonyl (C=O) groups excluding carboxylic acids is 2. The van der Waals surface area contributed by atoms with Crippen LogP contribution in [0, 0.1) is 0 Å². The zero-order valence-corrected chi connectivity index (χ0v) is 20.9. The number of rotatable bonds is 11. The molecule has 4 aromatic rings. The third-order valence-electron chi connectivity index (χ3n) is 5.46. The van der Waals surface area contributed by atoms with E-state index in [0.29, 0.717) is 41.6 Å². The zero-order valence-electron chi connectivity index (χ0n) is 20.2. The van der Waals surface area contributed by atoms with Crippen molar-refractivity contribution in [2.75, 3.05) is 24.6 Å². The second-order valence-electron chi connectivity index (χ2n) is 8.18. The summed E-state index contributed by atoms with van der Waals surface area (Å²) in [6.45, 7) is 0.721. The molecular weight excluding hydrogens is 488 g/mol. The topological polar surface area (TPSA) is 67.9 Å². The Balaban J connectivity index is 1.34. The molecule has 0 radical (unpaired) electrons. The molecule has 0 saturated carbocycles. The molecule has 7 heteroatoms. The first kappa shape index (κ1) is 25.8. The molecule has 0 heterocycles. The summed E-state index contributed by atoms with van der Waals surface area (Å²) in [6, 6.07) is 32.8. The van der Waals surface area contributed by atoms with Crippen LogP contribution in [0.25, 0.3) is 0 Å². The summed E-state index contributed by atoms with van der Waals surface area (Å²) in [6.07, 6.45) is 0.563. The van der Waals surface area contributed by atoms with Gasteiger partial charge in [0, 0.05) is 29.4 Å². The highest BCUT2D eigenvalue weighted by molar-refractivity contribution is 6.30. The van der Waals surface area contributed by atoms with Crippen LogP contribution in [0.15, 0.2) is 109 Å². The van der Waals surface area contributed by atoms with Crippen molar-refractivity contribution in [2.45, 2.75) is 6.42 Å². The number of amides is 2. The van der Waals surface area contributed by atoms with Crippen molar-refractivity contribution < 1.29 is 19.1 Å². The number of ether oxygens (including phenoxy) is 2. The van der Waals surface area contributed by atoms with E-state index in [9.17, 15) is 9.59 Å². The van der Waals surface area contributed by atoms with Crippen LogP contribution in [0.4, 0.5) is 5.69 Å². The van der Waals surface area contributed by atoms with E-state index in [2.05, 4.69) is 5.32 Å². The molecule has 2 amide bonds. The standard InChI is InChI=1S/C30H27ClN2O4/c31-24-12-16-26(17-13-24)36-22-29(34)32-20-7-21-33(30(35)23-8-3-1-4-9-23)25-14-18-28(19-15-25)37-27-10-5-2-6-11-27/h1-6,8-19H,7,20-22H2,(H,32,34). The van der Waals surface area contributed by atoms with E-state index in [1.807, 2.05) is 72.8 Å². The van der Waals surface area contributed by atoms with E-state index in [0.717, 1.165) is 11.4 Å². The van der Waals surface area contributed by atoms with Crippen LogP contribution < -0.4 is 19.7 Å². The lowest BCUT2D eigenvalue weighted by Gasteiger charge is -2.23. The number of anilines is 1. The van der Waals surface area contributed by atoms with Gasteiger partial charge in [-0.2, -0.15) is 0 Å². The Hall–Kier alpha value is -4.29. The molecule has 4 aromatic carbocycles. The fourth-order valence-corrected chi connectivity index (χ4v) is 3.72. The number of para-hydroxylation sites is 1. The van der Waals surface area contributed by atoms with E-state index in [4.69, 9.17) is 21.1 Å². The minimum atomic E-state index is -0.238. The van der Waals surface area contributed by atoms with Crippen molar-refractivity contribution >= 4 is 29.1 Å². The van der Waals surface area contributed by atoms with Crippen molar-refractivity contribution in [1.29, 1.82) is 0 Å². The largest absolute Gasteiger partial charge is 0.484 e. The number of nitrogens with one attached hydrogen (secondary N) is 1. The van der Waals surface area contributed by atoms with Gasteiger partial charge in [-0.25, -0.2) is 0 Å². The van der Waals surface area contributed by atoms with Gasteiger partial charge in [-0.3, -0.25) is 9.59 Å². The number of halogens is 1. The highest BCUT2D eigenvalue weighted by atomic mass is 35.5. The average Bonchev–Trinajstić information content (AvgIpc) is 2.94. The second kappa shape index (κ2) is 13.1. The van der Waals surface area contributed by atoms with Crippen LogP contribution in [-0.4, -0.2) is 31.5 Å². The third-order valence-corrected chi connectivity index (χ3v) is 5.71. The van der Waals surface area contributed by atoms with Gasteiger partial charge in [0.25, 0.3) is 11.8 Å². The van der Waals surface area contributed by atoms with E-state index in [-0.39, 0.29) is 18.4 Å². The van der Waals surface area contributed by atoms with Crippen molar-refractivity contribution in [2.24, 2.45) is 0 Å². The summed E-state index contributed by atoms with van der Waals surface area (Å²) in [5, 5.41) is 3.44. The number of carbonyl (C=O) groups is 2. The smallest absolute Gasteiger partial charge is 0.258 e. The average molecular weight is 515 g/mol. The number of hydrogen-bond acceptors (Lipinski definition) is 4. The maximum Gasteiger partial charge on any atom is 0.258 e. The Bertz CT molecular complexity index is 1280. The van der Waals surface area contributed by atoms with Gasteiger partial charge < -0.3 is 19.7 Å². The summed E-state index contributed by atoms with van der Waals surface area (Å²) in [5.74, 6) is 1.63. The van der Waals surface area contributed by atoms with E-state index >= 15 is 0 Å². The molecule has 0 bridgehead atoms. The van der Waals surface area contributed by atoms with Crippen LogP contribution in [0.1, 0.15) is 16.8 Å². The zero-order chi connectivity index (χ0) is 25.9. The maximum atomic E-state index is 13.3. The number of nitrogens with zero attached hydrogens (tertiary/aromatic N) is 1. The quantitative estimate of drug-likeness (QED) is 0.236. The molecule has 0 aliphatic rings. The Morgan fingerprint density at radius 3 is 2.00 bits per heavy atom. The monoisotopic (exact) mass is 514 g/mol. The van der Waals surface area contributed by atoms with Gasteiger partial charge in [0.2, 0.25) is 0 Å². The van der Waals surface area contributed by atoms with Crippen LogP contribution in [0.2, 0.25) is 5.02 Å². The van der Waals surface area contributed by atoms with Gasteiger partial charge >= 0.3 is 0 Å². The van der Waals surface area contributed by atoms with Gasteiger partial charge in [0.1, 0.15) is 17.2 Å². The molecule has 37 heavy (non-hydrogen) atoms. The molecule has 0 spiro atoms. The lowest BCUT2D eigenvalue weighted by Crippen LogP contribution is -2.35. The number of hydrogen-bond donors (Lipinski definition) is 1. The highest BCUT2D eigenvalue weighted by Gasteiger charge is 2.17. The molecule has 0 aromatic heterocycles. The first-order valence-electron chi connectivity index (χ1n) is 11.9. The van der Waals surface area contributed by atoms with Gasteiger partial charge in [-0.05, 0) is 79.2 Å². The van der Waals surface area contributed by atoms with Crippen LogP contribution >= 0.6 is 11.6 Å². The van der Waals surface area contributed by atoms with E-state index in [1.165, 1.54) is 0 Å². The Labute approximate surface area is 221 Å². The molecule has 0 saturated heterocycles. The highest BCUT2D eigenvalue weighted by Crippen LogP contribution is 2.25. The summed E-state index contributed by atoms with van der Waals surface area (Å²) in [7, 11) is 0. The fraction of sp³-hybridized carbons (Fsp3) is 0.133. The first-order chi connectivity index (χ1) is 18.1. The fourth-order valence-electron chi connectivity index (χ4n) is 3.60. The van der Waals surface area contributed by atoms with Gasteiger partial charge in [0.05, 0.1) is 0 Å². The molecule has 0 aliphatic carbocycles. The molecule has 0 unspecified atom stereocenters. The molecule has 4 rings (SSSR count). The summed E-state index contributed by atoms with van der Waals surface area (Å²) in [4.78, 5) is 27.2. The van der Waals surface area contributed by atoms with Crippen molar-refractivity contribution in [3.63, 3.8) is 0 Å². The number of benzene rings is 4. The molecule has 1 N–H and O–H groups in total. The Morgan fingerprint density at radius 1 is 0.730 bits per heavy atom. The second-order valence-corrected chi connectivity index (χ2v) is 8.61. The Kier molecular flexibility index (Phi) is 9.16. The Morgan fingerprint density at radius 2 is 1.32 bits per heavy atom. The predicted molar refractivity (Wildman–Crippen MR) is 146 cm³/mol. The summed E-state index contributed by atoms with van der Waals surface area (Å²) in [5.41, 5.74) is 1.33. The normalized spacial score (nSPS) is 10.4. The van der Waals surface area contributed by atoms with Crippen LogP contribution in [0.3, 0.4) is 0 Å². The molecule has 188 valence electrons. The van der Waals surface area contributed by atoms with Gasteiger partial charge in [-0.15, -0.1) is 0 Å². The minimum absolute atomic E-state index is 0.100. The SMILES string of the molecule is O=C(COc1ccc(Cl)cc1)NCCCN(C(=O)c1ccccc1)c1ccc(Oc2ccccc2)cc1. The van der Waals surface area contributed by atoms with E-state index in [1.54, 1.807) is 41.3 Å². The molecule has 6 nitrogen and oxygen atoms in total. The van der Waals surface area contributed by atoms with Crippen LogP contribution in [0.5, 0.6) is 17.2 Å². The third kappa shape index (κ3) is 7.85. The minimum Gasteiger partial charge on any atom is -0.484 e. The lowest BCUT2D eigenvalue weighted by atomic mass is 10.1. The first-order valence-corrected chi connectivity index (χ1v) is 12.3. The van der Waals surface area contributed by atoms with Crippen molar-refractivity contribution in [1.82, 2.24) is 5.32 Å².